The van der Waals surface area contributed by atoms with Crippen LogP contribution in [0.4, 0.5) is 0 Å². The number of rotatable bonds is 4. The molecule has 2 nitrogen and oxygen atoms in total. The molecule has 0 fully saturated rings. The van der Waals surface area contributed by atoms with Crippen molar-refractivity contribution in [3.05, 3.63) is 57.6 Å². The second kappa shape index (κ2) is 6.79. The molecule has 0 saturated heterocycles. The average Bonchev–Trinajstić information content (AvgIpc) is 2.39. The topological polar surface area (TPSA) is 18.5 Å². The van der Waals surface area contributed by atoms with E-state index < -0.39 is 24.1 Å². The molecule has 0 aliphatic rings. The second-order valence-corrected chi connectivity index (χ2v) is 6.24. The molecule has 2 aromatic carbocycles. The normalized spacial score (nSPS) is 10.1. The summed E-state index contributed by atoms with van der Waals surface area (Å²) in [5.74, 6) is 1.58. The first kappa shape index (κ1) is 14.9. The van der Waals surface area contributed by atoms with Crippen molar-refractivity contribution in [3.63, 3.8) is 0 Å². The van der Waals surface area contributed by atoms with Crippen LogP contribution in [0.15, 0.2) is 36.4 Å². The Kier molecular flexibility index (Phi) is 5.32. The quantitative estimate of drug-likeness (QED) is 0.751. The Morgan fingerprint density at radius 3 is 1.63 bits per heavy atom. The van der Waals surface area contributed by atoms with Crippen LogP contribution in [0.3, 0.4) is 0 Å². The van der Waals surface area contributed by atoms with E-state index in [1.165, 1.54) is 0 Å². The van der Waals surface area contributed by atoms with Gasteiger partial charge in [-0.25, -0.2) is 0 Å². The fourth-order valence-corrected chi connectivity index (χ4v) is 3.47. The standard InChI is InChI=1S/2C7H7ClO.Zr/c2*1-5-6(8)3-2-4-7(5)9;/h2*2-4,9H,1H3;/q;;+2/p-2. The van der Waals surface area contributed by atoms with Crippen LogP contribution in [0, 0.1) is 13.8 Å². The Balaban J connectivity index is 2.00. The third kappa shape index (κ3) is 3.75. The van der Waals surface area contributed by atoms with Gasteiger partial charge in [0.1, 0.15) is 0 Å². The average molecular weight is 374 g/mol. The van der Waals surface area contributed by atoms with E-state index in [2.05, 4.69) is 0 Å². The monoisotopic (exact) mass is 372 g/mol. The molecule has 0 aromatic heterocycles. The van der Waals surface area contributed by atoms with Crippen molar-refractivity contribution in [2.24, 2.45) is 0 Å². The van der Waals surface area contributed by atoms with Gasteiger partial charge >= 0.3 is 136 Å². The third-order valence-electron chi connectivity index (χ3n) is 2.74. The molecule has 0 atom stereocenters. The fraction of sp³-hybridized carbons (Fsp3) is 0.143. The van der Waals surface area contributed by atoms with Gasteiger partial charge in [-0.15, -0.1) is 0 Å². The first-order valence-corrected chi connectivity index (χ1v) is 8.45. The van der Waals surface area contributed by atoms with Crippen LogP contribution in [0.2, 0.25) is 10.0 Å². The van der Waals surface area contributed by atoms with E-state index in [1.54, 1.807) is 0 Å². The predicted molar refractivity (Wildman–Crippen MR) is 73.6 cm³/mol. The van der Waals surface area contributed by atoms with Gasteiger partial charge in [-0.05, 0) is 0 Å². The van der Waals surface area contributed by atoms with Crippen LogP contribution in [0.5, 0.6) is 11.5 Å². The Morgan fingerprint density at radius 1 is 0.789 bits per heavy atom. The van der Waals surface area contributed by atoms with Crippen molar-refractivity contribution in [1.82, 2.24) is 0 Å². The minimum absolute atomic E-state index is 0.704. The van der Waals surface area contributed by atoms with Gasteiger partial charge in [0.2, 0.25) is 0 Å². The van der Waals surface area contributed by atoms with Gasteiger partial charge in [0.25, 0.3) is 0 Å². The van der Waals surface area contributed by atoms with Crippen molar-refractivity contribution in [2.75, 3.05) is 0 Å². The first-order valence-electron chi connectivity index (χ1n) is 5.68. The maximum absolute atomic E-state index is 6.04. The molecule has 0 radical (unpaired) electrons. The Labute approximate surface area is 135 Å². The molecular formula is C14H12Cl2O2Zr. The molecule has 0 heterocycles. The van der Waals surface area contributed by atoms with Gasteiger partial charge in [0, 0.05) is 0 Å². The summed E-state index contributed by atoms with van der Waals surface area (Å²) < 4.78 is 11.5. The van der Waals surface area contributed by atoms with Crippen molar-refractivity contribution in [1.29, 1.82) is 0 Å². The van der Waals surface area contributed by atoms with Crippen LogP contribution < -0.4 is 5.63 Å². The molecule has 0 unspecified atom stereocenters. The molecule has 0 aliphatic heterocycles. The van der Waals surface area contributed by atoms with Crippen LogP contribution >= 0.6 is 23.2 Å². The summed E-state index contributed by atoms with van der Waals surface area (Å²) >= 11 is 10.6. The molecule has 0 N–H and O–H groups in total. The SMILES string of the molecule is Cc1c(Cl)cccc1[O][Zr][O]c1cccc(Cl)c1C. The number of hydrogen-bond donors (Lipinski definition) is 0. The third-order valence-corrected chi connectivity index (χ3v) is 5.05. The molecule has 5 heteroatoms. The molecule has 0 bridgehead atoms. The van der Waals surface area contributed by atoms with E-state index >= 15 is 0 Å². The van der Waals surface area contributed by atoms with Crippen molar-refractivity contribution >= 4 is 23.2 Å². The number of halogens is 2. The minimum atomic E-state index is -1.47. The molecule has 19 heavy (non-hydrogen) atoms. The van der Waals surface area contributed by atoms with Gasteiger partial charge < -0.3 is 0 Å². The van der Waals surface area contributed by atoms with Crippen molar-refractivity contribution in [3.8, 4) is 11.5 Å². The van der Waals surface area contributed by atoms with E-state index in [4.69, 9.17) is 28.8 Å². The first-order chi connectivity index (χ1) is 9.09. The van der Waals surface area contributed by atoms with Crippen LogP contribution in [-0.4, -0.2) is 0 Å². The second-order valence-electron chi connectivity index (χ2n) is 4.01. The number of benzene rings is 2. The Hall–Kier alpha value is -0.497. The van der Waals surface area contributed by atoms with Gasteiger partial charge in [0.05, 0.1) is 0 Å². The molecule has 0 saturated carbocycles. The molecule has 2 rings (SSSR count). The summed E-state index contributed by atoms with van der Waals surface area (Å²) in [6, 6.07) is 11.2. The summed E-state index contributed by atoms with van der Waals surface area (Å²) in [5.41, 5.74) is 1.88. The molecular weight excluding hydrogens is 362 g/mol. The van der Waals surface area contributed by atoms with Crippen LogP contribution in [0.25, 0.3) is 0 Å². The van der Waals surface area contributed by atoms with Gasteiger partial charge in [0.15, 0.2) is 0 Å². The van der Waals surface area contributed by atoms with Crippen LogP contribution in [0.1, 0.15) is 11.1 Å². The van der Waals surface area contributed by atoms with Crippen molar-refractivity contribution in [2.45, 2.75) is 13.8 Å². The van der Waals surface area contributed by atoms with E-state index in [0.717, 1.165) is 22.6 Å². The fourth-order valence-electron chi connectivity index (χ4n) is 1.51. The Bertz CT molecular complexity index is 536. The molecule has 0 spiro atoms. The van der Waals surface area contributed by atoms with Gasteiger partial charge in [-0.1, -0.05) is 0 Å². The zero-order chi connectivity index (χ0) is 13.8. The molecule has 2 aromatic rings. The maximum atomic E-state index is 6.04. The van der Waals surface area contributed by atoms with E-state index in [1.807, 2.05) is 50.2 Å². The predicted octanol–water partition coefficient (Wildman–Crippen LogP) is 4.98. The summed E-state index contributed by atoms with van der Waals surface area (Å²) in [4.78, 5) is 0. The summed E-state index contributed by atoms with van der Waals surface area (Å²) in [5, 5.41) is 1.41. The summed E-state index contributed by atoms with van der Waals surface area (Å²) in [7, 11) is 0. The summed E-state index contributed by atoms with van der Waals surface area (Å²) in [6.45, 7) is 3.86. The molecule has 0 aliphatic carbocycles. The van der Waals surface area contributed by atoms with Crippen molar-refractivity contribution < 1.29 is 29.7 Å². The number of hydrogen-bond acceptors (Lipinski definition) is 2. The zero-order valence-electron chi connectivity index (χ0n) is 10.5. The van der Waals surface area contributed by atoms with E-state index in [9.17, 15) is 0 Å². The van der Waals surface area contributed by atoms with Crippen LogP contribution in [-0.2, 0) is 24.1 Å². The molecule has 98 valence electrons. The van der Waals surface area contributed by atoms with Gasteiger partial charge in [-0.3, -0.25) is 0 Å². The Morgan fingerprint density at radius 2 is 1.21 bits per heavy atom. The van der Waals surface area contributed by atoms with Gasteiger partial charge in [-0.2, -0.15) is 0 Å². The molecule has 0 amide bonds. The van der Waals surface area contributed by atoms with E-state index in [0.29, 0.717) is 10.0 Å². The van der Waals surface area contributed by atoms with E-state index in [-0.39, 0.29) is 0 Å². The zero-order valence-corrected chi connectivity index (χ0v) is 14.5. The summed E-state index contributed by atoms with van der Waals surface area (Å²) in [6.07, 6.45) is 0.